The maximum atomic E-state index is 4.12. The van der Waals surface area contributed by atoms with Gasteiger partial charge in [-0.15, -0.1) is 5.10 Å². The van der Waals surface area contributed by atoms with Gasteiger partial charge in [-0.1, -0.05) is 5.21 Å². The van der Waals surface area contributed by atoms with Crippen molar-refractivity contribution in [2.45, 2.75) is 12.5 Å². The van der Waals surface area contributed by atoms with Gasteiger partial charge in [0, 0.05) is 25.0 Å². The van der Waals surface area contributed by atoms with Crippen LogP contribution in [0.2, 0.25) is 0 Å². The first-order valence-corrected chi connectivity index (χ1v) is 6.05. The third-order valence-electron chi connectivity index (χ3n) is 2.69. The molecule has 0 spiro atoms. The molecule has 2 atom stereocenters. The van der Waals surface area contributed by atoms with Crippen molar-refractivity contribution in [2.75, 3.05) is 18.6 Å². The Bertz CT molecular complexity index is 299. The molecule has 0 amide bonds. The van der Waals surface area contributed by atoms with Gasteiger partial charge in [0.25, 0.3) is 0 Å². The fourth-order valence-corrected chi connectivity index (χ4v) is 3.36. The summed E-state index contributed by atoms with van der Waals surface area (Å²) >= 11 is 2.02. The monoisotopic (exact) mass is 212 g/mol. The summed E-state index contributed by atoms with van der Waals surface area (Å²) in [6.45, 7) is 0. The molecule has 0 aliphatic carbocycles. The number of aromatic nitrogens is 3. The average molecular weight is 212 g/mol. The number of thioether (sulfide) groups is 1. The molecule has 4 nitrogen and oxygen atoms in total. The van der Waals surface area contributed by atoms with Crippen LogP contribution in [-0.4, -0.2) is 39.6 Å². The van der Waals surface area contributed by atoms with Gasteiger partial charge < -0.3 is 5.32 Å². The highest BCUT2D eigenvalue weighted by molar-refractivity contribution is 7.99. The fourth-order valence-electron chi connectivity index (χ4n) is 1.88. The summed E-state index contributed by atoms with van der Waals surface area (Å²) in [5.41, 5.74) is 1.11. The van der Waals surface area contributed by atoms with E-state index in [0.29, 0.717) is 12.0 Å². The lowest BCUT2D eigenvalue weighted by Gasteiger charge is -2.16. The van der Waals surface area contributed by atoms with Gasteiger partial charge in [0.15, 0.2) is 0 Å². The molecule has 78 valence electrons. The molecule has 0 radical (unpaired) electrons. The molecule has 5 heteroatoms. The highest BCUT2D eigenvalue weighted by atomic mass is 32.2. The molecule has 1 aromatic heterocycles. The van der Waals surface area contributed by atoms with Crippen LogP contribution in [0.4, 0.5) is 0 Å². The third-order valence-corrected chi connectivity index (χ3v) is 3.95. The number of nitrogens with one attached hydrogen (secondary N) is 1. The first-order chi connectivity index (χ1) is 6.79. The predicted octanol–water partition coefficient (Wildman–Crippen LogP) is 0.309. The zero-order valence-corrected chi connectivity index (χ0v) is 9.42. The Kier molecular flexibility index (Phi) is 3.08. The molecule has 2 unspecified atom stereocenters. The van der Waals surface area contributed by atoms with Crippen LogP contribution in [0.25, 0.3) is 0 Å². The summed E-state index contributed by atoms with van der Waals surface area (Å²) in [5, 5.41) is 11.4. The van der Waals surface area contributed by atoms with Crippen LogP contribution in [0.5, 0.6) is 0 Å². The van der Waals surface area contributed by atoms with E-state index in [1.54, 1.807) is 4.68 Å². The first kappa shape index (κ1) is 9.98. The van der Waals surface area contributed by atoms with Crippen molar-refractivity contribution in [1.82, 2.24) is 20.3 Å². The smallest absolute Gasteiger partial charge is 0.0830 e. The van der Waals surface area contributed by atoms with Gasteiger partial charge in [-0.2, -0.15) is 11.8 Å². The van der Waals surface area contributed by atoms with Crippen molar-refractivity contribution in [1.29, 1.82) is 0 Å². The minimum absolute atomic E-state index is 0.641. The Balaban J connectivity index is 1.96. The number of hydrogen-bond donors (Lipinski definition) is 1. The molecule has 1 saturated heterocycles. The molecular formula is C9H16N4S. The SMILES string of the molecule is CNC1CSCC1Cc1cn(C)nn1. The number of nitrogens with zero attached hydrogens (tertiary/aromatic N) is 3. The van der Waals surface area contributed by atoms with Gasteiger partial charge in [-0.25, -0.2) is 0 Å². The first-order valence-electron chi connectivity index (χ1n) is 4.90. The van der Waals surface area contributed by atoms with Gasteiger partial charge in [0.1, 0.15) is 0 Å². The lowest BCUT2D eigenvalue weighted by atomic mass is 9.98. The molecule has 2 rings (SSSR count). The van der Waals surface area contributed by atoms with Gasteiger partial charge in [0.05, 0.1) is 5.69 Å². The van der Waals surface area contributed by atoms with Crippen LogP contribution in [0.3, 0.4) is 0 Å². The van der Waals surface area contributed by atoms with Gasteiger partial charge in [-0.05, 0) is 25.1 Å². The number of rotatable bonds is 3. The standard InChI is InChI=1S/C9H16N4S/c1-10-9-6-14-5-7(9)3-8-4-13(2)12-11-8/h4,7,9-10H,3,5-6H2,1-2H3. The molecule has 1 aliphatic rings. The lowest BCUT2D eigenvalue weighted by Crippen LogP contribution is -2.33. The van der Waals surface area contributed by atoms with Crippen molar-refractivity contribution in [3.63, 3.8) is 0 Å². The summed E-state index contributed by atoms with van der Waals surface area (Å²) in [6, 6.07) is 0.641. The van der Waals surface area contributed by atoms with E-state index in [2.05, 4.69) is 15.6 Å². The number of hydrogen-bond acceptors (Lipinski definition) is 4. The van der Waals surface area contributed by atoms with Crippen LogP contribution in [-0.2, 0) is 13.5 Å². The lowest BCUT2D eigenvalue weighted by molar-refractivity contribution is 0.449. The van der Waals surface area contributed by atoms with E-state index in [9.17, 15) is 0 Å². The van der Waals surface area contributed by atoms with E-state index in [0.717, 1.165) is 12.1 Å². The van der Waals surface area contributed by atoms with Crippen LogP contribution in [0.15, 0.2) is 6.20 Å². The Hall–Kier alpha value is -0.550. The quantitative estimate of drug-likeness (QED) is 0.783. The minimum atomic E-state index is 0.641. The summed E-state index contributed by atoms with van der Waals surface area (Å²) in [4.78, 5) is 0. The molecular weight excluding hydrogens is 196 g/mol. The molecule has 1 N–H and O–H groups in total. The van der Waals surface area contributed by atoms with E-state index in [-0.39, 0.29) is 0 Å². The maximum Gasteiger partial charge on any atom is 0.0830 e. The molecule has 0 aromatic carbocycles. The molecule has 0 bridgehead atoms. The van der Waals surface area contributed by atoms with E-state index in [1.165, 1.54) is 11.5 Å². The van der Waals surface area contributed by atoms with Crippen molar-refractivity contribution >= 4 is 11.8 Å². The molecule has 0 saturated carbocycles. The zero-order chi connectivity index (χ0) is 9.97. The second kappa shape index (κ2) is 4.31. The normalized spacial score (nSPS) is 27.0. The fraction of sp³-hybridized carbons (Fsp3) is 0.778. The maximum absolute atomic E-state index is 4.12. The second-order valence-corrected chi connectivity index (χ2v) is 4.86. The zero-order valence-electron chi connectivity index (χ0n) is 8.60. The molecule has 1 aromatic rings. The van der Waals surface area contributed by atoms with Crippen molar-refractivity contribution in [3.8, 4) is 0 Å². The predicted molar refractivity (Wildman–Crippen MR) is 58.4 cm³/mol. The second-order valence-electron chi connectivity index (χ2n) is 3.78. The Morgan fingerprint density at radius 3 is 3.14 bits per heavy atom. The van der Waals surface area contributed by atoms with E-state index in [1.807, 2.05) is 32.1 Å². The Labute approximate surface area is 88.4 Å². The van der Waals surface area contributed by atoms with Crippen molar-refractivity contribution in [3.05, 3.63) is 11.9 Å². The van der Waals surface area contributed by atoms with Gasteiger partial charge in [-0.3, -0.25) is 4.68 Å². The molecule has 2 heterocycles. The van der Waals surface area contributed by atoms with Crippen molar-refractivity contribution in [2.24, 2.45) is 13.0 Å². The topological polar surface area (TPSA) is 42.7 Å². The number of aryl methyl sites for hydroxylation is 1. The average Bonchev–Trinajstić information content (AvgIpc) is 2.76. The van der Waals surface area contributed by atoms with Gasteiger partial charge in [0.2, 0.25) is 0 Å². The Morgan fingerprint density at radius 2 is 2.50 bits per heavy atom. The van der Waals surface area contributed by atoms with E-state index < -0.39 is 0 Å². The molecule has 1 fully saturated rings. The highest BCUT2D eigenvalue weighted by Crippen LogP contribution is 2.26. The Morgan fingerprint density at radius 1 is 1.64 bits per heavy atom. The highest BCUT2D eigenvalue weighted by Gasteiger charge is 2.27. The van der Waals surface area contributed by atoms with Crippen molar-refractivity contribution < 1.29 is 0 Å². The van der Waals surface area contributed by atoms with Crippen LogP contribution >= 0.6 is 11.8 Å². The largest absolute Gasteiger partial charge is 0.316 e. The summed E-state index contributed by atoms with van der Waals surface area (Å²) in [7, 11) is 3.95. The van der Waals surface area contributed by atoms with Crippen LogP contribution in [0.1, 0.15) is 5.69 Å². The van der Waals surface area contributed by atoms with Gasteiger partial charge >= 0.3 is 0 Å². The molecule has 1 aliphatic heterocycles. The third kappa shape index (κ3) is 2.09. The van der Waals surface area contributed by atoms with E-state index >= 15 is 0 Å². The summed E-state index contributed by atoms with van der Waals surface area (Å²) in [5.74, 6) is 3.17. The molecule has 14 heavy (non-hydrogen) atoms. The summed E-state index contributed by atoms with van der Waals surface area (Å²) in [6.07, 6.45) is 3.06. The van der Waals surface area contributed by atoms with Crippen LogP contribution < -0.4 is 5.32 Å². The summed E-state index contributed by atoms with van der Waals surface area (Å²) < 4.78 is 1.77. The minimum Gasteiger partial charge on any atom is -0.316 e. The van der Waals surface area contributed by atoms with Crippen LogP contribution in [0, 0.1) is 5.92 Å². The van der Waals surface area contributed by atoms with E-state index in [4.69, 9.17) is 0 Å².